The highest BCUT2D eigenvalue weighted by Crippen LogP contribution is 2.19. The molecule has 3 amide bonds. The highest BCUT2D eigenvalue weighted by atomic mass is 16.7. The van der Waals surface area contributed by atoms with E-state index in [0.717, 1.165) is 5.06 Å². The van der Waals surface area contributed by atoms with Crippen LogP contribution in [0.15, 0.2) is 84.8 Å². The van der Waals surface area contributed by atoms with Crippen molar-refractivity contribution in [2.45, 2.75) is 0 Å². The zero-order valence-electron chi connectivity index (χ0n) is 13.4. The van der Waals surface area contributed by atoms with Gasteiger partial charge in [0.25, 0.3) is 5.91 Å². The first-order valence-corrected chi connectivity index (χ1v) is 7.71. The number of hydroxylamine groups is 1. The lowest BCUT2D eigenvalue weighted by atomic mass is 10.2. The maximum absolute atomic E-state index is 12.5. The largest absolute Gasteiger partial charge is 0.373 e. The first-order chi connectivity index (χ1) is 12.1. The number of carbonyl (C=O) groups excluding carboxylic acids is 2. The topological polar surface area (TPSA) is 75.9 Å². The summed E-state index contributed by atoms with van der Waals surface area (Å²) in [5.41, 5.74) is 6.49. The molecule has 0 fully saturated rings. The van der Waals surface area contributed by atoms with Crippen molar-refractivity contribution >= 4 is 17.6 Å². The molecule has 3 rings (SSSR count). The molecule has 2 N–H and O–H groups in total. The number of rotatable bonds is 4. The third-order valence-corrected chi connectivity index (χ3v) is 3.56. The molecule has 0 radical (unpaired) electrons. The monoisotopic (exact) mass is 335 g/mol. The van der Waals surface area contributed by atoms with Gasteiger partial charge in [-0.15, -0.1) is 5.06 Å². The maximum Gasteiger partial charge on any atom is 0.352 e. The van der Waals surface area contributed by atoms with Gasteiger partial charge in [0.1, 0.15) is 0 Å². The maximum atomic E-state index is 12.5. The molecule has 6 heteroatoms. The molecule has 1 heterocycles. The number of para-hydroxylation sites is 1. The summed E-state index contributed by atoms with van der Waals surface area (Å²) in [5, 5.41) is 0.996. The summed E-state index contributed by atoms with van der Waals surface area (Å²) >= 11 is 0. The second kappa shape index (κ2) is 7.35. The van der Waals surface area contributed by atoms with Gasteiger partial charge in [-0.25, -0.2) is 4.79 Å². The Morgan fingerprint density at radius 1 is 1.00 bits per heavy atom. The van der Waals surface area contributed by atoms with E-state index in [1.54, 1.807) is 66.9 Å². The number of amides is 3. The lowest BCUT2D eigenvalue weighted by molar-refractivity contribution is 0.0798. The first kappa shape index (κ1) is 16.3. The van der Waals surface area contributed by atoms with Gasteiger partial charge in [0.15, 0.2) is 5.76 Å². The van der Waals surface area contributed by atoms with E-state index in [9.17, 15) is 9.59 Å². The number of hydrogen-bond acceptors (Lipinski definition) is 3. The summed E-state index contributed by atoms with van der Waals surface area (Å²) in [6.07, 6.45) is 5.04. The zero-order valence-corrected chi connectivity index (χ0v) is 13.4. The van der Waals surface area contributed by atoms with Gasteiger partial charge in [-0.2, -0.15) is 0 Å². The summed E-state index contributed by atoms with van der Waals surface area (Å²) in [5.74, 6) is 0.269. The minimum atomic E-state index is -0.748. The number of primary amides is 1. The molecule has 0 saturated carbocycles. The van der Waals surface area contributed by atoms with Gasteiger partial charge in [0.2, 0.25) is 0 Å². The molecule has 0 saturated heterocycles. The number of anilines is 1. The van der Waals surface area contributed by atoms with E-state index < -0.39 is 6.03 Å². The number of allylic oxidation sites excluding steroid dienone is 2. The van der Waals surface area contributed by atoms with Crippen molar-refractivity contribution in [1.82, 2.24) is 4.90 Å². The predicted molar refractivity (Wildman–Crippen MR) is 94.3 cm³/mol. The standard InChI is InChI=1S/C19H17N3O3/c20-19(24)22(16-10-5-2-6-11-16)25-17-12-7-13-21(14-17)18(23)15-8-3-1-4-9-15/h1-13H,14H2,(H2,20,24). The number of benzene rings is 2. The van der Waals surface area contributed by atoms with Crippen LogP contribution in [0, 0.1) is 0 Å². The van der Waals surface area contributed by atoms with Crippen LogP contribution in [0.4, 0.5) is 10.5 Å². The average Bonchev–Trinajstić information content (AvgIpc) is 2.67. The Morgan fingerprint density at radius 3 is 2.28 bits per heavy atom. The molecule has 2 aromatic rings. The van der Waals surface area contributed by atoms with Crippen LogP contribution >= 0.6 is 0 Å². The van der Waals surface area contributed by atoms with Crippen molar-refractivity contribution in [1.29, 1.82) is 0 Å². The molecule has 0 bridgehead atoms. The van der Waals surface area contributed by atoms with Crippen LogP contribution < -0.4 is 10.8 Å². The normalized spacial score (nSPS) is 13.1. The Bertz CT molecular complexity index is 816. The smallest absolute Gasteiger partial charge is 0.352 e. The van der Waals surface area contributed by atoms with Gasteiger partial charge in [-0.3, -0.25) is 4.79 Å². The molecule has 1 aliphatic heterocycles. The van der Waals surface area contributed by atoms with Crippen molar-refractivity contribution in [3.8, 4) is 0 Å². The molecule has 2 aromatic carbocycles. The molecule has 0 aromatic heterocycles. The molecule has 6 nitrogen and oxygen atoms in total. The molecule has 25 heavy (non-hydrogen) atoms. The van der Waals surface area contributed by atoms with Crippen molar-refractivity contribution in [2.75, 3.05) is 11.6 Å². The molecule has 0 aliphatic carbocycles. The van der Waals surface area contributed by atoms with E-state index in [0.29, 0.717) is 17.0 Å². The molecule has 0 spiro atoms. The van der Waals surface area contributed by atoms with Crippen LogP contribution in [0.1, 0.15) is 10.4 Å². The summed E-state index contributed by atoms with van der Waals surface area (Å²) in [4.78, 5) is 31.4. The number of carbonyl (C=O) groups is 2. The summed E-state index contributed by atoms with van der Waals surface area (Å²) in [7, 11) is 0. The fraction of sp³-hybridized carbons (Fsp3) is 0.0526. The number of urea groups is 1. The van der Waals surface area contributed by atoms with Gasteiger partial charge in [0.05, 0.1) is 12.2 Å². The summed E-state index contributed by atoms with van der Waals surface area (Å²) in [6.45, 7) is 0.195. The van der Waals surface area contributed by atoms with Gasteiger partial charge in [0, 0.05) is 11.8 Å². The molecule has 1 aliphatic rings. The predicted octanol–water partition coefficient (Wildman–Crippen LogP) is 3.06. The molecule has 126 valence electrons. The Hall–Kier alpha value is -3.54. The van der Waals surface area contributed by atoms with Gasteiger partial charge >= 0.3 is 6.03 Å². The van der Waals surface area contributed by atoms with E-state index in [4.69, 9.17) is 10.6 Å². The van der Waals surface area contributed by atoms with Crippen LogP contribution in [0.25, 0.3) is 0 Å². The quantitative estimate of drug-likeness (QED) is 0.873. The van der Waals surface area contributed by atoms with Gasteiger partial charge in [-0.1, -0.05) is 36.4 Å². The minimum absolute atomic E-state index is 0.156. The molecule has 0 atom stereocenters. The van der Waals surface area contributed by atoms with Gasteiger partial charge in [-0.05, 0) is 36.4 Å². The van der Waals surface area contributed by atoms with Gasteiger partial charge < -0.3 is 15.5 Å². The number of nitrogens with two attached hydrogens (primary N) is 1. The third kappa shape index (κ3) is 3.87. The van der Waals surface area contributed by atoms with Crippen LogP contribution in [0.2, 0.25) is 0 Å². The first-order valence-electron chi connectivity index (χ1n) is 7.71. The van der Waals surface area contributed by atoms with Crippen LogP contribution in [-0.2, 0) is 4.84 Å². The van der Waals surface area contributed by atoms with Crippen molar-refractivity contribution in [3.05, 3.63) is 90.3 Å². The van der Waals surface area contributed by atoms with E-state index in [2.05, 4.69) is 0 Å². The summed E-state index contributed by atoms with van der Waals surface area (Å²) in [6, 6.07) is 17.0. The highest BCUT2D eigenvalue weighted by Gasteiger charge is 2.21. The Balaban J connectivity index is 1.73. The van der Waals surface area contributed by atoms with E-state index in [1.807, 2.05) is 12.1 Å². The number of nitrogens with zero attached hydrogens (tertiary/aromatic N) is 2. The van der Waals surface area contributed by atoms with Crippen molar-refractivity contribution in [3.63, 3.8) is 0 Å². The van der Waals surface area contributed by atoms with Crippen molar-refractivity contribution in [2.24, 2.45) is 5.73 Å². The minimum Gasteiger partial charge on any atom is -0.373 e. The SMILES string of the molecule is NC(=O)N(OC1=CC=CN(C(=O)c2ccccc2)C1)c1ccccc1. The Kier molecular flexibility index (Phi) is 4.80. The van der Waals surface area contributed by atoms with Crippen LogP contribution in [-0.4, -0.2) is 23.4 Å². The van der Waals surface area contributed by atoms with Crippen LogP contribution in [0.3, 0.4) is 0 Å². The van der Waals surface area contributed by atoms with E-state index in [-0.39, 0.29) is 12.5 Å². The van der Waals surface area contributed by atoms with E-state index >= 15 is 0 Å². The highest BCUT2D eigenvalue weighted by molar-refractivity contribution is 5.95. The van der Waals surface area contributed by atoms with Crippen LogP contribution in [0.5, 0.6) is 0 Å². The fourth-order valence-electron chi connectivity index (χ4n) is 2.38. The zero-order chi connectivity index (χ0) is 17.6. The average molecular weight is 335 g/mol. The second-order valence-corrected chi connectivity index (χ2v) is 5.33. The Labute approximate surface area is 145 Å². The number of hydrogen-bond donors (Lipinski definition) is 1. The second-order valence-electron chi connectivity index (χ2n) is 5.33. The molecule has 0 unspecified atom stereocenters. The summed E-state index contributed by atoms with van der Waals surface area (Å²) < 4.78 is 0. The van der Waals surface area contributed by atoms with E-state index in [1.165, 1.54) is 4.90 Å². The molecular weight excluding hydrogens is 318 g/mol. The molecular formula is C19H17N3O3. The Morgan fingerprint density at radius 2 is 1.64 bits per heavy atom. The fourth-order valence-corrected chi connectivity index (χ4v) is 2.38. The lowest BCUT2D eigenvalue weighted by Gasteiger charge is -2.26. The van der Waals surface area contributed by atoms with Crippen molar-refractivity contribution < 1.29 is 14.4 Å². The lowest BCUT2D eigenvalue weighted by Crippen LogP contribution is -2.38. The third-order valence-electron chi connectivity index (χ3n) is 3.56.